The van der Waals surface area contributed by atoms with Crippen molar-refractivity contribution in [1.82, 2.24) is 10.5 Å². The first kappa shape index (κ1) is 10.2. The molecular formula is C10H15N3O2. The molecule has 1 amide bonds. The van der Waals surface area contributed by atoms with E-state index in [0.717, 1.165) is 12.5 Å². The highest BCUT2D eigenvalue weighted by Gasteiger charge is 2.20. The highest BCUT2D eigenvalue weighted by molar-refractivity contribution is 5.91. The number of anilines is 1. The van der Waals surface area contributed by atoms with Crippen LogP contribution in [0.25, 0.3) is 0 Å². The molecule has 1 aromatic rings. The summed E-state index contributed by atoms with van der Waals surface area (Å²) in [6.45, 7) is 3.06. The van der Waals surface area contributed by atoms with Crippen LogP contribution in [0.2, 0.25) is 0 Å². The van der Waals surface area contributed by atoms with Crippen LogP contribution in [0.4, 0.5) is 5.82 Å². The smallest absolute Gasteiger partial charge is 0.239 e. The third-order valence-electron chi connectivity index (χ3n) is 2.31. The molecule has 1 fully saturated rings. The number of carbonyl (C=O) groups is 1. The van der Waals surface area contributed by atoms with E-state index < -0.39 is 0 Å². The predicted molar refractivity (Wildman–Crippen MR) is 55.5 cm³/mol. The molecule has 0 aromatic carbocycles. The van der Waals surface area contributed by atoms with E-state index in [2.05, 4.69) is 15.8 Å². The lowest BCUT2D eigenvalue weighted by Crippen LogP contribution is -2.29. The van der Waals surface area contributed by atoms with Gasteiger partial charge in [-0.1, -0.05) is 5.16 Å². The first-order chi connectivity index (χ1) is 7.24. The van der Waals surface area contributed by atoms with E-state index in [9.17, 15) is 4.79 Å². The summed E-state index contributed by atoms with van der Waals surface area (Å²) in [4.78, 5) is 11.4. The van der Waals surface area contributed by atoms with Gasteiger partial charge in [0.2, 0.25) is 5.91 Å². The largest absolute Gasteiger partial charge is 0.360 e. The minimum Gasteiger partial charge on any atom is -0.360 e. The van der Waals surface area contributed by atoms with Gasteiger partial charge in [-0.25, -0.2) is 0 Å². The molecular weight excluding hydrogens is 194 g/mol. The number of hydrogen-bond acceptors (Lipinski definition) is 4. The highest BCUT2D eigenvalue weighted by atomic mass is 16.5. The van der Waals surface area contributed by atoms with Crippen molar-refractivity contribution in [2.75, 3.05) is 18.4 Å². The van der Waals surface area contributed by atoms with Crippen molar-refractivity contribution in [2.45, 2.75) is 19.8 Å². The molecule has 0 unspecified atom stereocenters. The second-order valence-corrected chi connectivity index (χ2v) is 3.95. The van der Waals surface area contributed by atoms with Gasteiger partial charge >= 0.3 is 0 Å². The lowest BCUT2D eigenvalue weighted by Gasteiger charge is -2.02. The molecule has 1 aliphatic carbocycles. The highest BCUT2D eigenvalue weighted by Crippen LogP contribution is 2.27. The zero-order chi connectivity index (χ0) is 10.7. The van der Waals surface area contributed by atoms with E-state index in [0.29, 0.717) is 18.1 Å². The molecule has 5 heteroatoms. The summed E-state index contributed by atoms with van der Waals surface area (Å²) in [6.07, 6.45) is 2.58. The Labute approximate surface area is 88.2 Å². The Morgan fingerprint density at radius 2 is 2.47 bits per heavy atom. The van der Waals surface area contributed by atoms with Gasteiger partial charge in [-0.2, -0.15) is 0 Å². The summed E-state index contributed by atoms with van der Waals surface area (Å²) in [6, 6.07) is 1.69. The molecule has 5 nitrogen and oxygen atoms in total. The van der Waals surface area contributed by atoms with Crippen LogP contribution in [-0.2, 0) is 4.79 Å². The van der Waals surface area contributed by atoms with Crippen molar-refractivity contribution in [2.24, 2.45) is 5.92 Å². The first-order valence-electron chi connectivity index (χ1n) is 5.18. The minimum atomic E-state index is -0.0797. The standard InChI is InChI=1S/C10H15N3O2/c1-7-4-9(13-15-7)12-10(14)6-11-5-8-2-3-8/h4,8,11H,2-3,5-6H2,1H3,(H,12,13,14). The number of nitrogens with one attached hydrogen (secondary N) is 2. The fraction of sp³-hybridized carbons (Fsp3) is 0.600. The van der Waals surface area contributed by atoms with Gasteiger partial charge in [0.15, 0.2) is 5.82 Å². The SMILES string of the molecule is Cc1cc(NC(=O)CNCC2CC2)no1. The summed E-state index contributed by atoms with van der Waals surface area (Å²) < 4.78 is 4.83. The average molecular weight is 209 g/mol. The van der Waals surface area contributed by atoms with E-state index in [1.54, 1.807) is 13.0 Å². The van der Waals surface area contributed by atoms with Gasteiger partial charge < -0.3 is 15.2 Å². The van der Waals surface area contributed by atoms with E-state index in [1.165, 1.54) is 12.8 Å². The number of carbonyl (C=O) groups excluding carboxylic acids is 1. The average Bonchev–Trinajstić information content (AvgIpc) is 2.91. The molecule has 2 N–H and O–H groups in total. The fourth-order valence-corrected chi connectivity index (χ4v) is 1.32. The minimum absolute atomic E-state index is 0.0797. The predicted octanol–water partition coefficient (Wildman–Crippen LogP) is 0.921. The number of nitrogens with zero attached hydrogens (tertiary/aromatic N) is 1. The third kappa shape index (κ3) is 3.36. The Morgan fingerprint density at radius 3 is 3.07 bits per heavy atom. The number of aromatic nitrogens is 1. The number of amides is 1. The first-order valence-corrected chi connectivity index (χ1v) is 5.18. The van der Waals surface area contributed by atoms with Crippen molar-refractivity contribution in [1.29, 1.82) is 0 Å². The molecule has 0 radical (unpaired) electrons. The zero-order valence-electron chi connectivity index (χ0n) is 8.75. The number of rotatable bonds is 5. The molecule has 1 aromatic heterocycles. The number of hydrogen-bond donors (Lipinski definition) is 2. The van der Waals surface area contributed by atoms with Gasteiger partial charge in [0, 0.05) is 6.07 Å². The Bertz CT molecular complexity index is 344. The molecule has 1 saturated carbocycles. The van der Waals surface area contributed by atoms with Gasteiger partial charge in [-0.15, -0.1) is 0 Å². The molecule has 15 heavy (non-hydrogen) atoms. The van der Waals surface area contributed by atoms with E-state index in [1.807, 2.05) is 0 Å². The van der Waals surface area contributed by atoms with Crippen LogP contribution < -0.4 is 10.6 Å². The van der Waals surface area contributed by atoms with Crippen LogP contribution in [0.15, 0.2) is 10.6 Å². The molecule has 0 atom stereocenters. The Balaban J connectivity index is 1.67. The van der Waals surface area contributed by atoms with Crippen molar-refractivity contribution in [3.63, 3.8) is 0 Å². The quantitative estimate of drug-likeness (QED) is 0.756. The van der Waals surface area contributed by atoms with Crippen LogP contribution in [0.3, 0.4) is 0 Å². The van der Waals surface area contributed by atoms with E-state index >= 15 is 0 Å². The van der Waals surface area contributed by atoms with Gasteiger partial charge in [0.05, 0.1) is 6.54 Å². The summed E-state index contributed by atoms with van der Waals surface area (Å²) in [7, 11) is 0. The maximum atomic E-state index is 11.4. The second kappa shape index (κ2) is 4.44. The van der Waals surface area contributed by atoms with Crippen LogP contribution in [-0.4, -0.2) is 24.2 Å². The van der Waals surface area contributed by atoms with Crippen molar-refractivity contribution < 1.29 is 9.32 Å². The maximum Gasteiger partial charge on any atom is 0.239 e. The van der Waals surface area contributed by atoms with Crippen molar-refractivity contribution in [3.05, 3.63) is 11.8 Å². The van der Waals surface area contributed by atoms with Crippen molar-refractivity contribution in [3.8, 4) is 0 Å². The number of aryl methyl sites for hydroxylation is 1. The third-order valence-corrected chi connectivity index (χ3v) is 2.31. The summed E-state index contributed by atoms with van der Waals surface area (Å²) >= 11 is 0. The molecule has 2 rings (SSSR count). The van der Waals surface area contributed by atoms with Gasteiger partial charge in [-0.3, -0.25) is 4.79 Å². The molecule has 82 valence electrons. The summed E-state index contributed by atoms with van der Waals surface area (Å²) in [5.41, 5.74) is 0. The van der Waals surface area contributed by atoms with Crippen LogP contribution in [0.5, 0.6) is 0 Å². The maximum absolute atomic E-state index is 11.4. The Morgan fingerprint density at radius 1 is 1.67 bits per heavy atom. The molecule has 0 saturated heterocycles. The molecule has 0 aliphatic heterocycles. The summed E-state index contributed by atoms with van der Waals surface area (Å²) in [5, 5.41) is 9.43. The molecule has 1 heterocycles. The van der Waals surface area contributed by atoms with E-state index in [-0.39, 0.29) is 5.91 Å². The van der Waals surface area contributed by atoms with E-state index in [4.69, 9.17) is 4.52 Å². The molecule has 1 aliphatic rings. The van der Waals surface area contributed by atoms with Gasteiger partial charge in [-0.05, 0) is 32.2 Å². The van der Waals surface area contributed by atoms with Crippen LogP contribution in [0, 0.1) is 12.8 Å². The Hall–Kier alpha value is -1.36. The topological polar surface area (TPSA) is 67.2 Å². The van der Waals surface area contributed by atoms with Crippen LogP contribution >= 0.6 is 0 Å². The second-order valence-electron chi connectivity index (χ2n) is 3.95. The zero-order valence-corrected chi connectivity index (χ0v) is 8.75. The van der Waals surface area contributed by atoms with Gasteiger partial charge in [0.1, 0.15) is 5.76 Å². The Kier molecular flexibility index (Phi) is 3.01. The van der Waals surface area contributed by atoms with Gasteiger partial charge in [0.25, 0.3) is 0 Å². The monoisotopic (exact) mass is 209 g/mol. The summed E-state index contributed by atoms with van der Waals surface area (Å²) in [5.74, 6) is 1.87. The van der Waals surface area contributed by atoms with Crippen molar-refractivity contribution >= 4 is 11.7 Å². The van der Waals surface area contributed by atoms with Crippen LogP contribution in [0.1, 0.15) is 18.6 Å². The molecule has 0 bridgehead atoms. The lowest BCUT2D eigenvalue weighted by molar-refractivity contribution is -0.115. The fourth-order valence-electron chi connectivity index (χ4n) is 1.32. The molecule has 0 spiro atoms. The normalized spacial score (nSPS) is 15.3. The lowest BCUT2D eigenvalue weighted by atomic mass is 10.4.